The van der Waals surface area contributed by atoms with Crippen molar-refractivity contribution in [1.82, 2.24) is 4.72 Å². The molecule has 9 heteroatoms. The van der Waals surface area contributed by atoms with Crippen molar-refractivity contribution in [2.45, 2.75) is 17.7 Å². The molecule has 0 amide bonds. The van der Waals surface area contributed by atoms with Crippen molar-refractivity contribution in [3.05, 3.63) is 33.3 Å². The molecule has 0 radical (unpaired) electrons. The molecular formula is C11H15ClN2O4S2. The molecule has 0 aliphatic carbocycles. The van der Waals surface area contributed by atoms with Crippen LogP contribution in [0.25, 0.3) is 0 Å². The van der Waals surface area contributed by atoms with E-state index in [4.69, 9.17) is 11.6 Å². The maximum Gasteiger partial charge on any atom is 0.270 e. The topological polar surface area (TPSA) is 89.3 Å². The van der Waals surface area contributed by atoms with Gasteiger partial charge < -0.3 is 0 Å². The lowest BCUT2D eigenvalue weighted by Gasteiger charge is -2.08. The van der Waals surface area contributed by atoms with Crippen LogP contribution in [0.5, 0.6) is 0 Å². The number of hydrogen-bond donors (Lipinski definition) is 1. The smallest absolute Gasteiger partial charge is 0.258 e. The summed E-state index contributed by atoms with van der Waals surface area (Å²) in [4.78, 5) is 9.74. The summed E-state index contributed by atoms with van der Waals surface area (Å²) in [5.41, 5.74) is -0.308. The summed E-state index contributed by atoms with van der Waals surface area (Å²) in [7, 11) is -3.83. The Morgan fingerprint density at radius 3 is 2.70 bits per heavy atom. The third kappa shape index (κ3) is 4.93. The first-order valence-electron chi connectivity index (χ1n) is 5.81. The van der Waals surface area contributed by atoms with E-state index in [2.05, 4.69) is 4.72 Å². The van der Waals surface area contributed by atoms with Crippen molar-refractivity contribution in [2.24, 2.45) is 0 Å². The molecular weight excluding hydrogens is 324 g/mol. The summed E-state index contributed by atoms with van der Waals surface area (Å²) in [6.07, 6.45) is 3.58. The molecule has 1 aromatic carbocycles. The largest absolute Gasteiger partial charge is 0.270 e. The molecule has 0 saturated heterocycles. The zero-order chi connectivity index (χ0) is 15.2. The van der Waals surface area contributed by atoms with Gasteiger partial charge in [-0.3, -0.25) is 10.1 Å². The van der Waals surface area contributed by atoms with E-state index < -0.39 is 14.9 Å². The number of nitro benzene ring substituents is 1. The highest BCUT2D eigenvalue weighted by molar-refractivity contribution is 7.98. The maximum absolute atomic E-state index is 12.0. The lowest BCUT2D eigenvalue weighted by molar-refractivity contribution is -0.385. The summed E-state index contributed by atoms with van der Waals surface area (Å²) in [5, 5.41) is 10.6. The van der Waals surface area contributed by atoms with E-state index >= 15 is 0 Å². The molecule has 0 heterocycles. The first-order valence-corrected chi connectivity index (χ1v) is 9.06. The number of non-ortho nitro benzene ring substituents is 1. The first-order chi connectivity index (χ1) is 9.38. The number of benzene rings is 1. The molecule has 0 aromatic heterocycles. The second-order valence-electron chi connectivity index (χ2n) is 3.97. The van der Waals surface area contributed by atoms with E-state index in [1.54, 1.807) is 11.8 Å². The van der Waals surface area contributed by atoms with E-state index in [1.807, 2.05) is 6.26 Å². The van der Waals surface area contributed by atoms with Crippen molar-refractivity contribution in [1.29, 1.82) is 0 Å². The molecule has 1 N–H and O–H groups in total. The Morgan fingerprint density at radius 2 is 2.10 bits per heavy atom. The number of thioether (sulfide) groups is 1. The van der Waals surface area contributed by atoms with Gasteiger partial charge in [0.05, 0.1) is 9.95 Å². The van der Waals surface area contributed by atoms with E-state index in [9.17, 15) is 18.5 Å². The van der Waals surface area contributed by atoms with Crippen molar-refractivity contribution in [3.63, 3.8) is 0 Å². The van der Waals surface area contributed by atoms with Gasteiger partial charge in [-0.25, -0.2) is 13.1 Å². The van der Waals surface area contributed by atoms with E-state index in [0.717, 1.165) is 18.2 Å². The molecule has 0 bridgehead atoms. The molecule has 0 aliphatic heterocycles. The number of halogens is 1. The normalized spacial score (nSPS) is 11.5. The lowest BCUT2D eigenvalue weighted by atomic mass is 10.3. The van der Waals surface area contributed by atoms with Crippen LogP contribution in [0.2, 0.25) is 5.02 Å². The Kier molecular flexibility index (Phi) is 6.74. The Hall–Kier alpha value is -0.830. The molecule has 0 spiro atoms. The van der Waals surface area contributed by atoms with Crippen molar-refractivity contribution >= 4 is 39.1 Å². The van der Waals surface area contributed by atoms with Gasteiger partial charge in [0.2, 0.25) is 10.0 Å². The average Bonchev–Trinajstić information content (AvgIpc) is 2.38. The SMILES string of the molecule is CSCCCCNS(=O)(=O)c1cc([N+](=O)[O-])ccc1Cl. The molecule has 0 unspecified atom stereocenters. The number of sulfonamides is 1. The van der Waals surface area contributed by atoms with Gasteiger partial charge in [0, 0.05) is 18.7 Å². The van der Waals surface area contributed by atoms with Crippen LogP contribution in [0.15, 0.2) is 23.1 Å². The summed E-state index contributed by atoms with van der Waals surface area (Å²) in [5.74, 6) is 0.958. The molecule has 112 valence electrons. The minimum atomic E-state index is -3.83. The Morgan fingerprint density at radius 1 is 1.40 bits per heavy atom. The van der Waals surface area contributed by atoms with Gasteiger partial charge in [0.25, 0.3) is 5.69 Å². The standard InChI is InChI=1S/C11H15ClN2O4S2/c1-19-7-3-2-6-13-20(17,18)11-8-9(14(15)16)4-5-10(11)12/h4-5,8,13H,2-3,6-7H2,1H3. The molecule has 0 fully saturated rings. The number of nitro groups is 1. The second kappa shape index (κ2) is 7.82. The van der Waals surface area contributed by atoms with Gasteiger partial charge in [-0.1, -0.05) is 11.6 Å². The molecule has 1 rings (SSSR count). The van der Waals surface area contributed by atoms with Crippen LogP contribution in [0.4, 0.5) is 5.69 Å². The quantitative estimate of drug-likeness (QED) is 0.447. The number of nitrogens with one attached hydrogen (secondary N) is 1. The van der Waals surface area contributed by atoms with Crippen LogP contribution >= 0.6 is 23.4 Å². The highest BCUT2D eigenvalue weighted by Crippen LogP contribution is 2.25. The van der Waals surface area contributed by atoms with Crippen molar-refractivity contribution in [2.75, 3.05) is 18.6 Å². The monoisotopic (exact) mass is 338 g/mol. The predicted octanol–water partition coefficient (Wildman–Crippen LogP) is 2.67. The van der Waals surface area contributed by atoms with Crippen molar-refractivity contribution in [3.8, 4) is 0 Å². The van der Waals surface area contributed by atoms with Crippen LogP contribution in [-0.4, -0.2) is 31.9 Å². The van der Waals surface area contributed by atoms with Gasteiger partial charge in [0.15, 0.2) is 0 Å². The third-order valence-electron chi connectivity index (χ3n) is 2.48. The van der Waals surface area contributed by atoms with Gasteiger partial charge in [-0.15, -0.1) is 0 Å². The molecule has 1 aromatic rings. The molecule has 0 saturated carbocycles. The van der Waals surface area contributed by atoms with E-state index in [1.165, 1.54) is 12.1 Å². The summed E-state index contributed by atoms with van der Waals surface area (Å²) in [6.45, 7) is 0.280. The molecule has 20 heavy (non-hydrogen) atoms. The van der Waals surface area contributed by atoms with Gasteiger partial charge in [-0.2, -0.15) is 11.8 Å². The number of rotatable bonds is 8. The minimum Gasteiger partial charge on any atom is -0.258 e. The van der Waals surface area contributed by atoms with Crippen LogP contribution in [0.3, 0.4) is 0 Å². The molecule has 0 atom stereocenters. The van der Waals surface area contributed by atoms with Crippen molar-refractivity contribution < 1.29 is 13.3 Å². The summed E-state index contributed by atoms with van der Waals surface area (Å²) >= 11 is 7.49. The molecule has 6 nitrogen and oxygen atoms in total. The zero-order valence-corrected chi connectivity index (χ0v) is 13.2. The van der Waals surface area contributed by atoms with Gasteiger partial charge in [-0.05, 0) is 30.9 Å². The van der Waals surface area contributed by atoms with E-state index in [0.29, 0.717) is 6.42 Å². The second-order valence-corrected chi connectivity index (χ2v) is 7.10. The fourth-order valence-electron chi connectivity index (χ4n) is 1.47. The lowest BCUT2D eigenvalue weighted by Crippen LogP contribution is -2.25. The summed E-state index contributed by atoms with van der Waals surface area (Å²) in [6, 6.07) is 3.34. The minimum absolute atomic E-state index is 0.0350. The Balaban J connectivity index is 2.81. The Labute approximate surface area is 127 Å². The highest BCUT2D eigenvalue weighted by Gasteiger charge is 2.20. The zero-order valence-electron chi connectivity index (χ0n) is 10.8. The fraction of sp³-hybridized carbons (Fsp3) is 0.455. The van der Waals surface area contributed by atoms with Crippen LogP contribution in [0.1, 0.15) is 12.8 Å². The predicted molar refractivity (Wildman–Crippen MR) is 80.9 cm³/mol. The van der Waals surface area contributed by atoms with Gasteiger partial charge >= 0.3 is 0 Å². The number of nitrogens with zero attached hydrogens (tertiary/aromatic N) is 1. The average molecular weight is 339 g/mol. The van der Waals surface area contributed by atoms with Crippen LogP contribution in [-0.2, 0) is 10.0 Å². The molecule has 0 aliphatic rings. The van der Waals surface area contributed by atoms with Crippen LogP contribution < -0.4 is 4.72 Å². The fourth-order valence-corrected chi connectivity index (χ4v) is 3.55. The third-order valence-corrected chi connectivity index (χ3v) is 5.12. The highest BCUT2D eigenvalue weighted by atomic mass is 35.5. The summed E-state index contributed by atoms with van der Waals surface area (Å²) < 4.78 is 26.5. The first kappa shape index (κ1) is 17.2. The van der Waals surface area contributed by atoms with E-state index in [-0.39, 0.29) is 22.2 Å². The maximum atomic E-state index is 12.0. The number of unbranched alkanes of at least 4 members (excludes halogenated alkanes) is 1. The van der Waals surface area contributed by atoms with Crippen LogP contribution in [0, 0.1) is 10.1 Å². The van der Waals surface area contributed by atoms with Gasteiger partial charge in [0.1, 0.15) is 4.90 Å². The Bertz CT molecular complexity index is 578. The number of hydrogen-bond acceptors (Lipinski definition) is 5.